The van der Waals surface area contributed by atoms with Gasteiger partial charge in [-0.3, -0.25) is 0 Å². The molecule has 0 aromatic heterocycles. The fourth-order valence-corrected chi connectivity index (χ4v) is 3.11. The van der Waals surface area contributed by atoms with E-state index >= 15 is 0 Å². The van der Waals surface area contributed by atoms with Crippen molar-refractivity contribution in [2.24, 2.45) is 0 Å². The quantitative estimate of drug-likeness (QED) is 0.526. The van der Waals surface area contributed by atoms with E-state index in [0.29, 0.717) is 0 Å². The minimum absolute atomic E-state index is 0.125. The van der Waals surface area contributed by atoms with Gasteiger partial charge in [0, 0.05) is 0 Å². The molecule has 1 rings (SSSR count). The molecule has 0 bridgehead atoms. The highest BCUT2D eigenvalue weighted by molar-refractivity contribution is 7.10. The van der Waals surface area contributed by atoms with Crippen LogP contribution in [0.15, 0.2) is 24.3 Å². The Hall–Kier alpha value is -2.09. The highest BCUT2D eigenvalue weighted by Gasteiger charge is 2.41. The summed E-state index contributed by atoms with van der Waals surface area (Å²) in [4.78, 5) is 0. The van der Waals surface area contributed by atoms with E-state index in [0.717, 1.165) is 6.07 Å². The molecule has 4 heteroatoms. The second-order valence-corrected chi connectivity index (χ2v) is 6.13. The minimum atomic E-state index is -4.51. The van der Waals surface area contributed by atoms with Crippen molar-refractivity contribution in [3.05, 3.63) is 29.8 Å². The number of rotatable bonds is 1. The zero-order valence-corrected chi connectivity index (χ0v) is 9.68. The first-order valence-corrected chi connectivity index (χ1v) is 6.51. The summed E-state index contributed by atoms with van der Waals surface area (Å²) in [5, 5.41) is -0.125. The van der Waals surface area contributed by atoms with E-state index in [9.17, 15) is 13.2 Å². The lowest BCUT2D eigenvalue weighted by Gasteiger charge is -2.18. The Balaban J connectivity index is 3.61. The normalized spacial score (nSPS) is 11.1. The van der Waals surface area contributed by atoms with Gasteiger partial charge in [-0.15, -0.1) is 19.3 Å². The average molecular weight is 248 g/mol. The predicted octanol–water partition coefficient (Wildman–Crippen LogP) is 1.88. The fourth-order valence-electron chi connectivity index (χ4n) is 1.42. The molecule has 0 atom stereocenters. The number of benzene rings is 1. The first-order chi connectivity index (χ1) is 7.91. The van der Waals surface area contributed by atoms with Crippen molar-refractivity contribution in [3.63, 3.8) is 0 Å². The molecule has 17 heavy (non-hydrogen) atoms. The third kappa shape index (κ3) is 2.20. The molecule has 0 nitrogen and oxygen atoms in total. The standard InChI is InChI=1S/C13H7F3Si/c1-4-17(5-2,6-3)12-10-8-7-9-11(12)13(14,15)16/h1-3,7-10H. The Kier molecular flexibility index (Phi) is 3.37. The lowest BCUT2D eigenvalue weighted by molar-refractivity contribution is -0.136. The minimum Gasteiger partial charge on any atom is -0.166 e. The maximum Gasteiger partial charge on any atom is 0.416 e. The van der Waals surface area contributed by atoms with E-state index in [1.54, 1.807) is 0 Å². The van der Waals surface area contributed by atoms with Gasteiger partial charge in [-0.1, -0.05) is 40.9 Å². The predicted molar refractivity (Wildman–Crippen MR) is 63.3 cm³/mol. The highest BCUT2D eigenvalue weighted by atomic mass is 28.3. The third-order valence-electron chi connectivity index (χ3n) is 2.29. The lowest BCUT2D eigenvalue weighted by Crippen LogP contribution is -2.48. The van der Waals surface area contributed by atoms with E-state index in [1.807, 2.05) is 0 Å². The Morgan fingerprint density at radius 1 is 0.941 bits per heavy atom. The van der Waals surface area contributed by atoms with Gasteiger partial charge in [0.15, 0.2) is 0 Å². The molecule has 0 aliphatic heterocycles. The fraction of sp³-hybridized carbons (Fsp3) is 0.0769. The molecule has 0 N–H and O–H groups in total. The second-order valence-electron chi connectivity index (χ2n) is 3.23. The van der Waals surface area contributed by atoms with Gasteiger partial charge < -0.3 is 0 Å². The van der Waals surface area contributed by atoms with Crippen molar-refractivity contribution in [2.45, 2.75) is 6.18 Å². The van der Waals surface area contributed by atoms with E-state index < -0.39 is 19.8 Å². The molecule has 0 unspecified atom stereocenters. The number of terminal acetylenes is 3. The Labute approximate surface area is 98.9 Å². The molecule has 0 saturated carbocycles. The summed E-state index contributed by atoms with van der Waals surface area (Å²) in [6.07, 6.45) is 11.2. The summed E-state index contributed by atoms with van der Waals surface area (Å²) in [7, 11) is -3.38. The number of alkyl halides is 3. The van der Waals surface area contributed by atoms with Gasteiger partial charge >= 0.3 is 14.3 Å². The van der Waals surface area contributed by atoms with Gasteiger partial charge in [0.1, 0.15) is 0 Å². The molecule has 0 saturated heterocycles. The maximum atomic E-state index is 12.8. The van der Waals surface area contributed by atoms with Gasteiger partial charge in [0.2, 0.25) is 0 Å². The Bertz CT molecular complexity index is 514. The summed E-state index contributed by atoms with van der Waals surface area (Å²) >= 11 is 0. The summed E-state index contributed by atoms with van der Waals surface area (Å²) in [5.41, 5.74) is 5.78. The SMILES string of the molecule is C#C[Si](C#C)(C#C)c1ccccc1C(F)(F)F. The van der Waals surface area contributed by atoms with Crippen molar-refractivity contribution in [3.8, 4) is 35.9 Å². The molecule has 84 valence electrons. The average Bonchev–Trinajstić information content (AvgIpc) is 2.31. The summed E-state index contributed by atoms with van der Waals surface area (Å²) in [5.74, 6) is 0. The van der Waals surface area contributed by atoms with Crippen molar-refractivity contribution in [1.82, 2.24) is 0 Å². The monoisotopic (exact) mass is 248 g/mol. The molecule has 0 heterocycles. The molecule has 1 aromatic rings. The van der Waals surface area contributed by atoms with Gasteiger partial charge in [-0.05, 0) is 5.19 Å². The first kappa shape index (κ1) is 13.0. The summed E-state index contributed by atoms with van der Waals surface area (Å²) in [6.45, 7) is 0. The van der Waals surface area contributed by atoms with Crippen LogP contribution in [0.3, 0.4) is 0 Å². The molecule has 1 aromatic carbocycles. The molecular formula is C13H7F3Si. The van der Waals surface area contributed by atoms with Gasteiger partial charge in [-0.2, -0.15) is 13.2 Å². The zero-order valence-electron chi connectivity index (χ0n) is 8.68. The van der Waals surface area contributed by atoms with Crippen LogP contribution in [0.1, 0.15) is 5.56 Å². The van der Waals surface area contributed by atoms with Crippen LogP contribution >= 0.6 is 0 Å². The van der Waals surface area contributed by atoms with Crippen LogP contribution in [0, 0.1) is 35.9 Å². The largest absolute Gasteiger partial charge is 0.416 e. The highest BCUT2D eigenvalue weighted by Crippen LogP contribution is 2.28. The Morgan fingerprint density at radius 2 is 1.41 bits per heavy atom. The smallest absolute Gasteiger partial charge is 0.166 e. The number of hydrogen-bond donors (Lipinski definition) is 0. The third-order valence-corrected chi connectivity index (χ3v) is 4.83. The van der Waals surface area contributed by atoms with E-state index in [-0.39, 0.29) is 5.19 Å². The Morgan fingerprint density at radius 3 is 1.82 bits per heavy atom. The van der Waals surface area contributed by atoms with Crippen LogP contribution in [0.4, 0.5) is 13.2 Å². The topological polar surface area (TPSA) is 0 Å². The lowest BCUT2D eigenvalue weighted by atomic mass is 10.2. The second kappa shape index (κ2) is 4.42. The van der Waals surface area contributed by atoms with Crippen molar-refractivity contribution >= 4 is 13.3 Å². The maximum absolute atomic E-state index is 12.8. The molecule has 0 radical (unpaired) electrons. The number of halogens is 3. The van der Waals surface area contributed by atoms with Crippen LogP contribution in [-0.4, -0.2) is 8.07 Å². The van der Waals surface area contributed by atoms with Crippen LogP contribution in [0.5, 0.6) is 0 Å². The van der Waals surface area contributed by atoms with Gasteiger partial charge in [0.25, 0.3) is 0 Å². The first-order valence-electron chi connectivity index (χ1n) is 4.51. The molecule has 0 aliphatic carbocycles. The summed E-state index contributed by atoms with van der Waals surface area (Å²) < 4.78 is 38.4. The van der Waals surface area contributed by atoms with E-state index in [4.69, 9.17) is 19.3 Å². The van der Waals surface area contributed by atoms with Gasteiger partial charge in [0.05, 0.1) is 5.56 Å². The van der Waals surface area contributed by atoms with Crippen molar-refractivity contribution in [2.75, 3.05) is 0 Å². The molecular weight excluding hydrogens is 241 g/mol. The van der Waals surface area contributed by atoms with Crippen LogP contribution in [0.2, 0.25) is 0 Å². The van der Waals surface area contributed by atoms with Gasteiger partial charge in [-0.25, -0.2) is 0 Å². The molecule has 0 amide bonds. The van der Waals surface area contributed by atoms with Crippen molar-refractivity contribution < 1.29 is 13.2 Å². The van der Waals surface area contributed by atoms with Crippen molar-refractivity contribution in [1.29, 1.82) is 0 Å². The summed E-state index contributed by atoms with van der Waals surface area (Å²) in [6, 6.07) is 4.91. The van der Waals surface area contributed by atoms with Crippen LogP contribution < -0.4 is 5.19 Å². The molecule has 0 aliphatic rings. The van der Waals surface area contributed by atoms with Crippen LogP contribution in [-0.2, 0) is 6.18 Å². The van der Waals surface area contributed by atoms with Crippen LogP contribution in [0.25, 0.3) is 0 Å². The van der Waals surface area contributed by atoms with E-state index in [2.05, 4.69) is 16.6 Å². The number of hydrogen-bond acceptors (Lipinski definition) is 0. The molecule has 0 spiro atoms. The molecule has 0 fully saturated rings. The zero-order chi connectivity index (χ0) is 13.1. The van der Waals surface area contributed by atoms with E-state index in [1.165, 1.54) is 18.2 Å².